The number of nitrogens with zero attached hydrogens (tertiary/aromatic N) is 2. The topological polar surface area (TPSA) is 33.2 Å². The van der Waals surface area contributed by atoms with Gasteiger partial charge >= 0.3 is 0 Å². The molecule has 27 heavy (non-hydrogen) atoms. The first kappa shape index (κ1) is 17.7. The van der Waals surface area contributed by atoms with Gasteiger partial charge in [0.05, 0.1) is 11.7 Å². The highest BCUT2D eigenvalue weighted by Gasteiger charge is 2.31. The summed E-state index contributed by atoms with van der Waals surface area (Å²) in [6.07, 6.45) is 2.63. The summed E-state index contributed by atoms with van der Waals surface area (Å²) in [4.78, 5) is 19.8. The summed E-state index contributed by atoms with van der Waals surface area (Å²) < 4.78 is 0. The van der Waals surface area contributed by atoms with Crippen LogP contribution in [0.2, 0.25) is 5.02 Å². The van der Waals surface area contributed by atoms with Crippen molar-refractivity contribution in [2.45, 2.75) is 25.3 Å². The molecule has 3 aromatic rings. The van der Waals surface area contributed by atoms with Gasteiger partial charge in [-0.15, -0.1) is 0 Å². The largest absolute Gasteiger partial charge is 0.330 e. The van der Waals surface area contributed by atoms with E-state index in [2.05, 4.69) is 0 Å². The quantitative estimate of drug-likeness (QED) is 0.618. The molecule has 0 spiro atoms. The van der Waals surface area contributed by atoms with E-state index in [0.717, 1.165) is 46.9 Å². The summed E-state index contributed by atoms with van der Waals surface area (Å²) in [6.45, 7) is 0.773. The van der Waals surface area contributed by atoms with Gasteiger partial charge in [-0.25, -0.2) is 0 Å². The Balaban J connectivity index is 1.57. The summed E-state index contributed by atoms with van der Waals surface area (Å²) in [5.41, 5.74) is 3.73. The summed E-state index contributed by atoms with van der Waals surface area (Å²) in [7, 11) is 0. The third-order valence-electron chi connectivity index (χ3n) is 5.03. The summed E-state index contributed by atoms with van der Waals surface area (Å²) in [6, 6.07) is 23.4. The van der Waals surface area contributed by atoms with Crippen LogP contribution in [0.25, 0.3) is 0 Å². The fourth-order valence-electron chi connectivity index (χ4n) is 3.68. The molecular weight excluding hydrogens is 356 g/mol. The predicted molar refractivity (Wildman–Crippen MR) is 108 cm³/mol. The van der Waals surface area contributed by atoms with Crippen LogP contribution in [0.15, 0.2) is 72.8 Å². The van der Waals surface area contributed by atoms with Crippen molar-refractivity contribution in [3.05, 3.63) is 100 Å². The number of halogens is 1. The van der Waals surface area contributed by atoms with E-state index in [1.807, 2.05) is 77.7 Å². The van der Waals surface area contributed by atoms with Crippen molar-refractivity contribution in [2.75, 3.05) is 6.54 Å². The zero-order valence-electron chi connectivity index (χ0n) is 15.0. The Kier molecular flexibility index (Phi) is 5.21. The van der Waals surface area contributed by atoms with Crippen LogP contribution in [0.4, 0.5) is 0 Å². The Bertz CT molecular complexity index is 942. The molecule has 1 amide bonds. The van der Waals surface area contributed by atoms with Gasteiger partial charge in [-0.2, -0.15) is 0 Å². The average Bonchev–Trinajstić information content (AvgIpc) is 3.20. The van der Waals surface area contributed by atoms with Crippen molar-refractivity contribution in [1.82, 2.24) is 9.88 Å². The smallest absolute Gasteiger partial charge is 0.254 e. The summed E-state index contributed by atoms with van der Waals surface area (Å²) >= 11 is 6.29. The van der Waals surface area contributed by atoms with Gasteiger partial charge in [0.25, 0.3) is 5.91 Å². The van der Waals surface area contributed by atoms with E-state index < -0.39 is 0 Å². The fourth-order valence-corrected chi connectivity index (χ4v) is 3.89. The van der Waals surface area contributed by atoms with Crippen molar-refractivity contribution in [3.63, 3.8) is 0 Å². The van der Waals surface area contributed by atoms with Gasteiger partial charge in [-0.05, 0) is 48.7 Å². The van der Waals surface area contributed by atoms with Gasteiger partial charge in [0.2, 0.25) is 0 Å². The third-order valence-corrected chi connectivity index (χ3v) is 5.40. The average molecular weight is 377 g/mol. The normalized spacial score (nSPS) is 16.5. The molecule has 0 N–H and O–H groups in total. The Morgan fingerprint density at radius 1 is 1.00 bits per heavy atom. The van der Waals surface area contributed by atoms with Gasteiger partial charge in [-0.3, -0.25) is 9.78 Å². The number of likely N-dealkylation sites (tertiary alicyclic amines) is 1. The van der Waals surface area contributed by atoms with Gasteiger partial charge in [-0.1, -0.05) is 54.1 Å². The molecular formula is C23H21ClN2O. The molecule has 0 aliphatic carbocycles. The molecule has 1 aliphatic rings. The number of rotatable bonds is 4. The molecule has 1 aromatic heterocycles. The highest BCUT2D eigenvalue weighted by atomic mass is 35.5. The summed E-state index contributed by atoms with van der Waals surface area (Å²) in [5.74, 6) is 0.0800. The lowest BCUT2D eigenvalue weighted by molar-refractivity contribution is 0.0733. The van der Waals surface area contributed by atoms with Crippen molar-refractivity contribution < 1.29 is 4.79 Å². The van der Waals surface area contributed by atoms with Crippen LogP contribution < -0.4 is 0 Å². The predicted octanol–water partition coefficient (Wildman–Crippen LogP) is 5.30. The molecule has 136 valence electrons. The maximum atomic E-state index is 12.9. The first-order valence-electron chi connectivity index (χ1n) is 9.27. The van der Waals surface area contributed by atoms with Gasteiger partial charge in [0.15, 0.2) is 0 Å². The zero-order chi connectivity index (χ0) is 18.6. The van der Waals surface area contributed by atoms with Crippen molar-refractivity contribution in [2.24, 2.45) is 0 Å². The van der Waals surface area contributed by atoms with Crippen LogP contribution in [0.3, 0.4) is 0 Å². The number of amides is 1. The van der Waals surface area contributed by atoms with Crippen LogP contribution in [-0.2, 0) is 6.42 Å². The monoisotopic (exact) mass is 376 g/mol. The molecule has 0 unspecified atom stereocenters. The Labute approximate surface area is 164 Å². The van der Waals surface area contributed by atoms with Gasteiger partial charge < -0.3 is 4.90 Å². The summed E-state index contributed by atoms with van der Waals surface area (Å²) in [5, 5.41) is 0.756. The molecule has 1 aliphatic heterocycles. The van der Waals surface area contributed by atoms with E-state index >= 15 is 0 Å². The lowest BCUT2D eigenvalue weighted by Gasteiger charge is -2.25. The van der Waals surface area contributed by atoms with Crippen molar-refractivity contribution in [1.29, 1.82) is 0 Å². The molecule has 1 fully saturated rings. The van der Waals surface area contributed by atoms with Gasteiger partial charge in [0.1, 0.15) is 0 Å². The number of benzene rings is 2. The standard InChI is InChI=1S/C23H21ClN2O/c24-20-12-5-4-10-18(20)16-19-11-6-13-21(25-19)22-14-7-15-26(22)23(27)17-8-2-1-3-9-17/h1-6,8-13,22H,7,14-16H2/t22-/m0/s1. The second kappa shape index (κ2) is 7.93. The Morgan fingerprint density at radius 2 is 1.78 bits per heavy atom. The van der Waals surface area contributed by atoms with E-state index in [9.17, 15) is 4.79 Å². The molecule has 0 saturated carbocycles. The molecule has 2 heterocycles. The lowest BCUT2D eigenvalue weighted by Crippen LogP contribution is -2.31. The number of hydrogen-bond donors (Lipinski definition) is 0. The number of pyridine rings is 1. The Morgan fingerprint density at radius 3 is 2.59 bits per heavy atom. The first-order valence-corrected chi connectivity index (χ1v) is 9.65. The Hall–Kier alpha value is -2.65. The second-order valence-corrected chi connectivity index (χ2v) is 7.25. The van der Waals surface area contributed by atoms with E-state index in [4.69, 9.17) is 16.6 Å². The number of aromatic nitrogens is 1. The molecule has 2 aromatic carbocycles. The lowest BCUT2D eigenvalue weighted by atomic mass is 10.1. The van der Waals surface area contributed by atoms with E-state index in [1.54, 1.807) is 0 Å². The number of carbonyl (C=O) groups is 1. The number of hydrogen-bond acceptors (Lipinski definition) is 2. The van der Waals surface area contributed by atoms with E-state index in [0.29, 0.717) is 6.42 Å². The molecule has 0 bridgehead atoms. The van der Waals surface area contributed by atoms with Crippen LogP contribution in [0.5, 0.6) is 0 Å². The first-order chi connectivity index (χ1) is 13.2. The van der Waals surface area contributed by atoms with Crippen LogP contribution in [-0.4, -0.2) is 22.3 Å². The molecule has 1 atom stereocenters. The van der Waals surface area contributed by atoms with Crippen molar-refractivity contribution >= 4 is 17.5 Å². The second-order valence-electron chi connectivity index (χ2n) is 6.84. The minimum atomic E-state index is 0.0314. The van der Waals surface area contributed by atoms with Crippen LogP contribution in [0.1, 0.15) is 46.2 Å². The minimum Gasteiger partial charge on any atom is -0.330 e. The molecule has 1 saturated heterocycles. The van der Waals surface area contributed by atoms with Crippen LogP contribution in [0, 0.1) is 0 Å². The number of carbonyl (C=O) groups excluding carboxylic acids is 1. The fraction of sp³-hybridized carbons (Fsp3) is 0.217. The SMILES string of the molecule is O=C(c1ccccc1)N1CCC[C@H]1c1cccc(Cc2ccccc2Cl)n1. The molecule has 4 rings (SSSR count). The third kappa shape index (κ3) is 3.88. The molecule has 0 radical (unpaired) electrons. The highest BCUT2D eigenvalue weighted by molar-refractivity contribution is 6.31. The molecule has 3 nitrogen and oxygen atoms in total. The van der Waals surface area contributed by atoms with E-state index in [-0.39, 0.29) is 11.9 Å². The maximum absolute atomic E-state index is 12.9. The molecule has 4 heteroatoms. The maximum Gasteiger partial charge on any atom is 0.254 e. The highest BCUT2D eigenvalue weighted by Crippen LogP contribution is 2.32. The van der Waals surface area contributed by atoms with Crippen molar-refractivity contribution in [3.8, 4) is 0 Å². The van der Waals surface area contributed by atoms with Gasteiger partial charge in [0, 0.05) is 29.2 Å². The van der Waals surface area contributed by atoms with Crippen LogP contribution >= 0.6 is 11.6 Å². The zero-order valence-corrected chi connectivity index (χ0v) is 15.8. The minimum absolute atomic E-state index is 0.0314. The van der Waals surface area contributed by atoms with E-state index in [1.165, 1.54) is 0 Å².